The SMILES string of the molecule is CC(=O)Oc1ccccc1C(=O)NS(=O)(=O)OC[C@H]1O[C@@H](n2ccc3ccccc32)[C@H](OC(C)=O)[C@@H]1C. The Labute approximate surface area is 213 Å². The monoisotopic (exact) mass is 530 g/mol. The van der Waals surface area contributed by atoms with Gasteiger partial charge in [-0.3, -0.25) is 18.6 Å². The van der Waals surface area contributed by atoms with Gasteiger partial charge in [-0.2, -0.15) is 8.42 Å². The molecular weight excluding hydrogens is 504 g/mol. The number of carbonyl (C=O) groups excluding carboxylic acids is 3. The van der Waals surface area contributed by atoms with Gasteiger partial charge in [-0.25, -0.2) is 4.72 Å². The lowest BCUT2D eigenvalue weighted by Crippen LogP contribution is -2.35. The molecule has 11 nitrogen and oxygen atoms in total. The van der Waals surface area contributed by atoms with Gasteiger partial charge < -0.3 is 18.8 Å². The number of ether oxygens (including phenoxy) is 3. The Bertz CT molecular complexity index is 1430. The largest absolute Gasteiger partial charge is 0.457 e. The predicted octanol–water partition coefficient (Wildman–Crippen LogP) is 2.72. The molecule has 0 unspecified atom stereocenters. The number of aromatic nitrogens is 1. The summed E-state index contributed by atoms with van der Waals surface area (Å²) in [5, 5.41) is 0.958. The lowest BCUT2D eigenvalue weighted by atomic mass is 10.0. The Morgan fingerprint density at radius 3 is 2.43 bits per heavy atom. The number of carbonyl (C=O) groups is 3. The molecule has 0 aliphatic carbocycles. The number of nitrogens with one attached hydrogen (secondary N) is 1. The molecule has 196 valence electrons. The van der Waals surface area contributed by atoms with E-state index in [1.54, 1.807) is 17.8 Å². The molecule has 2 heterocycles. The van der Waals surface area contributed by atoms with E-state index in [4.69, 9.17) is 18.4 Å². The first kappa shape index (κ1) is 26.3. The number of hydrogen-bond donors (Lipinski definition) is 1. The molecule has 4 rings (SSSR count). The number of esters is 2. The molecule has 1 N–H and O–H groups in total. The van der Waals surface area contributed by atoms with Gasteiger partial charge in [0.25, 0.3) is 5.91 Å². The van der Waals surface area contributed by atoms with Crippen LogP contribution in [0.3, 0.4) is 0 Å². The van der Waals surface area contributed by atoms with Gasteiger partial charge in [-0.05, 0) is 29.7 Å². The summed E-state index contributed by atoms with van der Waals surface area (Å²) in [5.74, 6) is -2.74. The van der Waals surface area contributed by atoms with E-state index in [1.807, 2.05) is 34.9 Å². The minimum atomic E-state index is -4.57. The van der Waals surface area contributed by atoms with Crippen molar-refractivity contribution in [2.75, 3.05) is 6.61 Å². The first-order chi connectivity index (χ1) is 17.6. The molecule has 1 saturated heterocycles. The lowest BCUT2D eigenvalue weighted by molar-refractivity contribution is -0.153. The summed E-state index contributed by atoms with van der Waals surface area (Å²) in [6.45, 7) is 3.76. The van der Waals surface area contributed by atoms with Gasteiger partial charge in [0.15, 0.2) is 12.3 Å². The summed E-state index contributed by atoms with van der Waals surface area (Å²) in [5.41, 5.74) is 0.689. The molecule has 0 radical (unpaired) electrons. The third-order valence-electron chi connectivity index (χ3n) is 5.90. The first-order valence-corrected chi connectivity index (χ1v) is 12.8. The van der Waals surface area contributed by atoms with Gasteiger partial charge in [0.1, 0.15) is 5.75 Å². The maximum atomic E-state index is 12.6. The second-order valence-electron chi connectivity index (χ2n) is 8.54. The van der Waals surface area contributed by atoms with Gasteiger partial charge in [0, 0.05) is 26.0 Å². The number of amides is 1. The van der Waals surface area contributed by atoms with E-state index in [0.717, 1.165) is 17.8 Å². The lowest BCUT2D eigenvalue weighted by Gasteiger charge is -2.22. The molecule has 12 heteroatoms. The van der Waals surface area contributed by atoms with Crippen molar-refractivity contribution in [1.82, 2.24) is 9.29 Å². The average molecular weight is 531 g/mol. The molecule has 0 bridgehead atoms. The van der Waals surface area contributed by atoms with E-state index in [9.17, 15) is 22.8 Å². The van der Waals surface area contributed by atoms with Crippen molar-refractivity contribution in [2.24, 2.45) is 5.92 Å². The van der Waals surface area contributed by atoms with Crippen LogP contribution in [0.2, 0.25) is 0 Å². The second kappa shape index (κ2) is 10.7. The zero-order chi connectivity index (χ0) is 26.7. The average Bonchev–Trinajstić information content (AvgIpc) is 3.38. The third-order valence-corrected chi connectivity index (χ3v) is 6.78. The number of fused-ring (bicyclic) bond motifs is 1. The van der Waals surface area contributed by atoms with Crippen LogP contribution in [0.1, 0.15) is 37.4 Å². The highest BCUT2D eigenvalue weighted by Gasteiger charge is 2.46. The van der Waals surface area contributed by atoms with Crippen LogP contribution in [0.4, 0.5) is 0 Å². The molecule has 1 aliphatic heterocycles. The number of para-hydroxylation sites is 2. The van der Waals surface area contributed by atoms with Gasteiger partial charge in [0.05, 0.1) is 23.8 Å². The molecular formula is C25H26N2O9S. The highest BCUT2D eigenvalue weighted by molar-refractivity contribution is 7.85. The summed E-state index contributed by atoms with van der Waals surface area (Å²) < 4.78 is 50.4. The van der Waals surface area contributed by atoms with Gasteiger partial charge in [-0.15, -0.1) is 0 Å². The Balaban J connectivity index is 1.48. The Hall–Kier alpha value is -3.74. The maximum absolute atomic E-state index is 12.6. The number of rotatable bonds is 8. The maximum Gasteiger partial charge on any atom is 0.362 e. The molecule has 0 spiro atoms. The summed E-state index contributed by atoms with van der Waals surface area (Å²) in [6.07, 6.45) is -0.412. The van der Waals surface area contributed by atoms with E-state index < -0.39 is 59.1 Å². The number of benzene rings is 2. The smallest absolute Gasteiger partial charge is 0.362 e. The van der Waals surface area contributed by atoms with Crippen molar-refractivity contribution in [3.8, 4) is 5.75 Å². The predicted molar refractivity (Wildman–Crippen MR) is 131 cm³/mol. The van der Waals surface area contributed by atoms with E-state index in [0.29, 0.717) is 0 Å². The zero-order valence-electron chi connectivity index (χ0n) is 20.3. The Kier molecular flexibility index (Phi) is 7.62. The van der Waals surface area contributed by atoms with Crippen LogP contribution < -0.4 is 9.46 Å². The van der Waals surface area contributed by atoms with Gasteiger partial charge in [0.2, 0.25) is 0 Å². The van der Waals surface area contributed by atoms with E-state index in [-0.39, 0.29) is 11.3 Å². The van der Waals surface area contributed by atoms with Crippen LogP contribution in [-0.2, 0) is 33.6 Å². The summed E-state index contributed by atoms with van der Waals surface area (Å²) in [7, 11) is -4.57. The van der Waals surface area contributed by atoms with E-state index in [2.05, 4.69) is 0 Å². The number of hydrogen-bond acceptors (Lipinski definition) is 9. The Morgan fingerprint density at radius 1 is 1.00 bits per heavy atom. The topological polar surface area (TPSA) is 139 Å². The fourth-order valence-electron chi connectivity index (χ4n) is 4.20. The molecule has 1 fully saturated rings. The van der Waals surface area contributed by atoms with Crippen molar-refractivity contribution >= 4 is 39.1 Å². The van der Waals surface area contributed by atoms with Crippen LogP contribution >= 0.6 is 0 Å². The van der Waals surface area contributed by atoms with Gasteiger partial charge in [-0.1, -0.05) is 37.3 Å². The first-order valence-electron chi connectivity index (χ1n) is 11.4. The molecule has 1 amide bonds. The fraction of sp³-hybridized carbons (Fsp3) is 0.320. The summed E-state index contributed by atoms with van der Waals surface area (Å²) in [4.78, 5) is 35.7. The normalized spacial score (nSPS) is 21.5. The van der Waals surface area contributed by atoms with Crippen LogP contribution in [0.5, 0.6) is 5.75 Å². The quantitative estimate of drug-likeness (QED) is 0.344. The molecule has 1 aliphatic rings. The highest BCUT2D eigenvalue weighted by Crippen LogP contribution is 2.38. The minimum absolute atomic E-state index is 0.0959. The van der Waals surface area contributed by atoms with Crippen molar-refractivity contribution in [1.29, 1.82) is 0 Å². The fourth-order valence-corrected chi connectivity index (χ4v) is 4.91. The Morgan fingerprint density at radius 2 is 1.70 bits per heavy atom. The van der Waals surface area contributed by atoms with Crippen LogP contribution in [-0.4, -0.2) is 49.6 Å². The van der Waals surface area contributed by atoms with Crippen molar-refractivity contribution in [3.05, 3.63) is 66.4 Å². The molecule has 3 aromatic rings. The van der Waals surface area contributed by atoms with Gasteiger partial charge >= 0.3 is 22.2 Å². The van der Waals surface area contributed by atoms with Crippen LogP contribution in [0, 0.1) is 5.92 Å². The third kappa shape index (κ3) is 5.98. The van der Waals surface area contributed by atoms with E-state index >= 15 is 0 Å². The second-order valence-corrected chi connectivity index (χ2v) is 9.89. The van der Waals surface area contributed by atoms with Crippen LogP contribution in [0.25, 0.3) is 10.9 Å². The molecule has 0 saturated carbocycles. The summed E-state index contributed by atoms with van der Waals surface area (Å²) in [6, 6.07) is 15.2. The highest BCUT2D eigenvalue weighted by atomic mass is 32.2. The van der Waals surface area contributed by atoms with Crippen molar-refractivity contribution in [2.45, 2.75) is 39.2 Å². The molecule has 1 aromatic heterocycles. The number of nitrogens with zero attached hydrogens (tertiary/aromatic N) is 1. The van der Waals surface area contributed by atoms with Crippen molar-refractivity contribution < 1.29 is 41.2 Å². The molecule has 2 aromatic carbocycles. The minimum Gasteiger partial charge on any atom is -0.457 e. The zero-order valence-corrected chi connectivity index (χ0v) is 21.1. The van der Waals surface area contributed by atoms with Crippen molar-refractivity contribution in [3.63, 3.8) is 0 Å². The van der Waals surface area contributed by atoms with Crippen LogP contribution in [0.15, 0.2) is 60.8 Å². The molecule has 37 heavy (non-hydrogen) atoms. The molecule has 4 atom stereocenters. The standard InChI is InChI=1S/C25H26N2O9S/c1-15-22(14-33-37(31,32)26-24(30)19-9-5-7-11-21(19)34-16(2)28)36-25(23(15)35-17(3)29)27-13-12-18-8-4-6-10-20(18)27/h4-13,15,22-23,25H,14H2,1-3H3,(H,26,30)/t15-,22-,23-,25-/m1/s1. The van der Waals surface area contributed by atoms with E-state index in [1.165, 1.54) is 31.2 Å². The summed E-state index contributed by atoms with van der Waals surface area (Å²) >= 11 is 0.